The third-order valence-electron chi connectivity index (χ3n) is 9.85. The van der Waals surface area contributed by atoms with Gasteiger partial charge in [0.15, 0.2) is 6.20 Å². The summed E-state index contributed by atoms with van der Waals surface area (Å²) in [6.45, 7) is 2.66. The fourth-order valence-corrected chi connectivity index (χ4v) is 8.38. The number of rotatable bonds is 19. The Morgan fingerprint density at radius 3 is 2.27 bits per heavy atom. The van der Waals surface area contributed by atoms with E-state index >= 15 is 4.39 Å². The average Bonchev–Trinajstić information content (AvgIpc) is 3.55. The third kappa shape index (κ3) is 10.7. The molecule has 0 radical (unpaired) electrons. The normalized spacial score (nSPS) is 16.7. The first-order valence-electron chi connectivity index (χ1n) is 18.2. The lowest BCUT2D eigenvalue weighted by Gasteiger charge is -2.30. The van der Waals surface area contributed by atoms with Gasteiger partial charge in [0.25, 0.3) is 20.2 Å². The second kappa shape index (κ2) is 18.0. The Kier molecular flexibility index (Phi) is 13.6. The highest BCUT2D eigenvalue weighted by Crippen LogP contribution is 2.52. The van der Waals surface area contributed by atoms with Crippen molar-refractivity contribution >= 4 is 48.9 Å². The number of hydrogen-bond donors (Lipinski definition) is 4. The minimum Gasteiger partial charge on any atom is -0.492 e. The van der Waals surface area contributed by atoms with Crippen LogP contribution < -0.4 is 14.3 Å². The second-order valence-electron chi connectivity index (χ2n) is 14.0. The summed E-state index contributed by atoms with van der Waals surface area (Å²) in [5, 5.41) is 20.4. The largest absolute Gasteiger partial charge is 0.492 e. The van der Waals surface area contributed by atoms with E-state index in [4.69, 9.17) is 9.39 Å². The minimum atomic E-state index is -4.21. The summed E-state index contributed by atoms with van der Waals surface area (Å²) in [6, 6.07) is 14.0. The maximum Gasteiger partial charge on any atom is 0.333 e. The van der Waals surface area contributed by atoms with Crippen molar-refractivity contribution in [2.45, 2.75) is 76.7 Å². The lowest BCUT2D eigenvalue weighted by atomic mass is 9.77. The minimum absolute atomic E-state index is 0.0244. The molecule has 302 valence electrons. The molecule has 0 fully saturated rings. The Morgan fingerprint density at radius 2 is 1.57 bits per heavy atom. The molecule has 0 saturated heterocycles. The van der Waals surface area contributed by atoms with Crippen molar-refractivity contribution in [1.29, 1.82) is 0 Å². The highest BCUT2D eigenvalue weighted by Gasteiger charge is 2.45. The molecule has 0 spiro atoms. The maximum absolute atomic E-state index is 15.8. The first-order valence-corrected chi connectivity index (χ1v) is 21.5. The van der Waals surface area contributed by atoms with E-state index in [2.05, 4.69) is 0 Å². The fourth-order valence-electron chi connectivity index (χ4n) is 7.24. The van der Waals surface area contributed by atoms with Crippen molar-refractivity contribution in [1.82, 2.24) is 4.73 Å². The lowest BCUT2D eigenvalue weighted by Crippen LogP contribution is -2.34. The predicted molar refractivity (Wildman–Crippen MR) is 206 cm³/mol. The molecule has 3 heterocycles. The van der Waals surface area contributed by atoms with E-state index in [1.165, 1.54) is 18.2 Å². The van der Waals surface area contributed by atoms with E-state index in [1.54, 1.807) is 0 Å². The highest BCUT2D eigenvalue weighted by molar-refractivity contribution is 7.86. The molecule has 1 aliphatic heterocycles. The molecule has 13 nitrogen and oxygen atoms in total. The number of pyridine rings is 1. The number of hydrogen-bond acceptors (Lipinski definition) is 9. The van der Waals surface area contributed by atoms with Gasteiger partial charge in [0.1, 0.15) is 18.2 Å². The molecule has 1 unspecified atom stereocenters. The quantitative estimate of drug-likeness (QED) is 0.0477. The topological polar surface area (TPSA) is 188 Å². The standard InChI is InChI=1S/C39H45F2N3O10S2/c1-39(20-4-7-24-55(48,49)50)34(16-10-13-28-12-9-15-32-30(28)14-11-22-42(32)21-6-8-25-56(51,52)53)43(33-27-29(40)26-31(41)38(33)39)23-5-2-3-17-37(47)54-44-35(45)18-19-36(44)46/h9-16,18-19,22,26-27H,2-8,17,20-21,23-25H2,1H3,(H3-,45,46,48,49,50,51,52,53)/p+1. The van der Waals surface area contributed by atoms with Crippen molar-refractivity contribution in [2.75, 3.05) is 23.0 Å². The number of aromatic hydroxyl groups is 2. The second-order valence-corrected chi connectivity index (χ2v) is 17.2. The number of aryl methyl sites for hydroxylation is 1. The summed E-state index contributed by atoms with van der Waals surface area (Å²) >= 11 is 0. The first-order chi connectivity index (χ1) is 26.5. The number of fused-ring (bicyclic) bond motifs is 2. The monoisotopic (exact) mass is 818 g/mol. The van der Waals surface area contributed by atoms with Crippen molar-refractivity contribution in [3.63, 3.8) is 0 Å². The van der Waals surface area contributed by atoms with E-state index in [-0.39, 0.29) is 30.6 Å². The third-order valence-corrected chi connectivity index (χ3v) is 11.5. The van der Waals surface area contributed by atoms with Crippen LogP contribution in [0.1, 0.15) is 75.8 Å². The molecule has 5 rings (SSSR count). The molecule has 0 amide bonds. The summed E-state index contributed by atoms with van der Waals surface area (Å²) in [6.07, 6.45) is 10.3. The van der Waals surface area contributed by atoms with E-state index in [9.17, 15) is 40.8 Å². The van der Waals surface area contributed by atoms with Crippen LogP contribution in [-0.2, 0) is 37.0 Å². The Morgan fingerprint density at radius 1 is 0.875 bits per heavy atom. The van der Waals surface area contributed by atoms with Gasteiger partial charge in [-0.3, -0.25) is 9.11 Å². The summed E-state index contributed by atoms with van der Waals surface area (Å²) in [7, 11) is -8.26. The summed E-state index contributed by atoms with van der Waals surface area (Å²) in [4.78, 5) is 19.2. The van der Waals surface area contributed by atoms with Gasteiger partial charge in [-0.05, 0) is 62.8 Å². The van der Waals surface area contributed by atoms with Gasteiger partial charge in [-0.1, -0.05) is 37.1 Å². The average molecular weight is 819 g/mol. The Bertz CT molecular complexity index is 2330. The van der Waals surface area contributed by atoms with Gasteiger partial charge in [-0.2, -0.15) is 21.4 Å². The van der Waals surface area contributed by atoms with Crippen LogP contribution in [0.4, 0.5) is 14.5 Å². The number of carbonyl (C=O) groups is 1. The van der Waals surface area contributed by atoms with Gasteiger partial charge < -0.3 is 20.0 Å². The van der Waals surface area contributed by atoms with Gasteiger partial charge in [-0.15, -0.1) is 4.73 Å². The Hall–Kier alpha value is -4.84. The van der Waals surface area contributed by atoms with Gasteiger partial charge in [0, 0.05) is 66.4 Å². The Balaban J connectivity index is 1.40. The van der Waals surface area contributed by atoms with Crippen LogP contribution in [0.15, 0.2) is 78.6 Å². The lowest BCUT2D eigenvalue weighted by molar-refractivity contribution is -0.671. The maximum atomic E-state index is 15.8. The number of benzene rings is 2. The highest BCUT2D eigenvalue weighted by atomic mass is 32.2. The SMILES string of the molecule is CC1(CCCCS(=O)(=O)O)C(=CC=Cc2cccc3c2ccc[n+]3CCCCS(=O)(=O)O)N(CCCCCC(=O)On2c(O)ccc2O)c2cc(F)cc(F)c21. The van der Waals surface area contributed by atoms with Gasteiger partial charge in [-0.25, -0.2) is 13.6 Å². The number of aromatic nitrogens is 2. The molecule has 0 bridgehead atoms. The molecule has 2 aromatic carbocycles. The number of halogens is 2. The molecule has 4 N–H and O–H groups in total. The molecular weight excluding hydrogens is 773 g/mol. The van der Waals surface area contributed by atoms with E-state index in [0.717, 1.165) is 22.5 Å². The van der Waals surface area contributed by atoms with Crippen LogP contribution in [0.3, 0.4) is 0 Å². The van der Waals surface area contributed by atoms with Crippen LogP contribution in [0, 0.1) is 11.6 Å². The smallest absolute Gasteiger partial charge is 0.333 e. The Labute approximate surface area is 324 Å². The summed E-state index contributed by atoms with van der Waals surface area (Å²) in [5.74, 6) is -3.84. The van der Waals surface area contributed by atoms with Crippen LogP contribution in [0.2, 0.25) is 0 Å². The van der Waals surface area contributed by atoms with Crippen molar-refractivity contribution < 1.29 is 59.1 Å². The van der Waals surface area contributed by atoms with Crippen molar-refractivity contribution in [3.8, 4) is 11.8 Å². The number of anilines is 1. The fraction of sp³-hybridized carbons (Fsp3) is 0.385. The number of nitrogens with zero attached hydrogens (tertiary/aromatic N) is 3. The van der Waals surface area contributed by atoms with Gasteiger partial charge >= 0.3 is 5.97 Å². The van der Waals surface area contributed by atoms with Crippen LogP contribution in [0.25, 0.3) is 17.0 Å². The summed E-state index contributed by atoms with van der Waals surface area (Å²) in [5.41, 5.74) is 1.97. The number of allylic oxidation sites excluding steroid dienone is 3. The zero-order valence-corrected chi connectivity index (χ0v) is 32.5. The molecular formula is C39H46F2N3O10S2+. The van der Waals surface area contributed by atoms with Crippen molar-refractivity contribution in [3.05, 3.63) is 101 Å². The zero-order chi connectivity index (χ0) is 40.7. The van der Waals surface area contributed by atoms with Crippen molar-refractivity contribution in [2.24, 2.45) is 0 Å². The molecule has 2 aromatic heterocycles. The van der Waals surface area contributed by atoms with Crippen LogP contribution >= 0.6 is 0 Å². The zero-order valence-electron chi connectivity index (χ0n) is 30.9. The molecule has 0 saturated carbocycles. The first kappa shape index (κ1) is 42.3. The van der Waals surface area contributed by atoms with Crippen LogP contribution in [0.5, 0.6) is 11.8 Å². The molecule has 17 heteroatoms. The molecule has 1 atom stereocenters. The molecule has 1 aliphatic rings. The summed E-state index contributed by atoms with van der Waals surface area (Å²) < 4.78 is 96.9. The van der Waals surface area contributed by atoms with Gasteiger partial charge in [0.2, 0.25) is 17.3 Å². The molecule has 4 aromatic rings. The molecule has 0 aliphatic carbocycles. The predicted octanol–water partition coefficient (Wildman–Crippen LogP) is 6.24. The van der Waals surface area contributed by atoms with E-state index in [1.807, 2.05) is 71.1 Å². The van der Waals surface area contributed by atoms with Gasteiger partial charge in [0.05, 0.1) is 22.6 Å². The molecule has 56 heavy (non-hydrogen) atoms. The van der Waals surface area contributed by atoms with Crippen LogP contribution in [-0.4, -0.2) is 64.9 Å². The van der Waals surface area contributed by atoms with E-state index in [0.29, 0.717) is 67.7 Å². The van der Waals surface area contributed by atoms with E-state index < -0.39 is 60.8 Å². The number of unbranched alkanes of at least 4 members (excludes halogenated alkanes) is 4. The number of carbonyl (C=O) groups excluding carboxylic acids is 1.